The van der Waals surface area contributed by atoms with Gasteiger partial charge in [0.05, 0.1) is 17.8 Å². The molecule has 0 unspecified atom stereocenters. The monoisotopic (exact) mass is 347 g/mol. The predicted molar refractivity (Wildman–Crippen MR) is 99.1 cm³/mol. The van der Waals surface area contributed by atoms with Crippen molar-refractivity contribution in [2.45, 2.75) is 20.4 Å². The van der Waals surface area contributed by atoms with Gasteiger partial charge < -0.3 is 4.90 Å². The molecule has 0 aliphatic rings. The van der Waals surface area contributed by atoms with E-state index in [9.17, 15) is 4.79 Å². The van der Waals surface area contributed by atoms with Crippen molar-refractivity contribution < 1.29 is 4.79 Å². The lowest BCUT2D eigenvalue weighted by atomic mass is 10.1. The standard InChI is InChI=1S/C20H21N5O/c1-15(2)13-25(14-18-5-3-4-8-22-18)20(26)17-11-23-19(24-12-17)16-6-9-21-10-7-16/h3-12,15H,13-14H2,1-2H3. The number of nitrogens with zero attached hydrogens (tertiary/aromatic N) is 5. The van der Waals surface area contributed by atoms with E-state index in [1.165, 1.54) is 0 Å². The summed E-state index contributed by atoms with van der Waals surface area (Å²) < 4.78 is 0. The Balaban J connectivity index is 1.79. The van der Waals surface area contributed by atoms with E-state index < -0.39 is 0 Å². The molecule has 0 aliphatic heterocycles. The van der Waals surface area contributed by atoms with Crippen molar-refractivity contribution in [3.05, 3.63) is 72.6 Å². The Morgan fingerprint density at radius 1 is 1.00 bits per heavy atom. The van der Waals surface area contributed by atoms with Crippen LogP contribution in [0.25, 0.3) is 11.4 Å². The lowest BCUT2D eigenvalue weighted by molar-refractivity contribution is 0.0719. The molecule has 0 fully saturated rings. The molecule has 0 bridgehead atoms. The summed E-state index contributed by atoms with van der Waals surface area (Å²) >= 11 is 0. The number of carbonyl (C=O) groups is 1. The molecule has 1 amide bonds. The molecule has 3 rings (SSSR count). The van der Waals surface area contributed by atoms with E-state index in [1.54, 1.807) is 35.9 Å². The van der Waals surface area contributed by atoms with Crippen molar-refractivity contribution in [1.82, 2.24) is 24.8 Å². The van der Waals surface area contributed by atoms with Gasteiger partial charge in [-0.3, -0.25) is 14.8 Å². The lowest BCUT2D eigenvalue weighted by Crippen LogP contribution is -2.34. The smallest absolute Gasteiger partial charge is 0.257 e. The molecule has 0 N–H and O–H groups in total. The topological polar surface area (TPSA) is 71.9 Å². The molecule has 0 atom stereocenters. The lowest BCUT2D eigenvalue weighted by Gasteiger charge is -2.24. The Bertz CT molecular complexity index is 835. The first-order valence-corrected chi connectivity index (χ1v) is 8.55. The largest absolute Gasteiger partial charge is 0.332 e. The molecule has 0 radical (unpaired) electrons. The van der Waals surface area contributed by atoms with Crippen LogP contribution in [-0.2, 0) is 6.54 Å². The van der Waals surface area contributed by atoms with Gasteiger partial charge in [0.1, 0.15) is 0 Å². The van der Waals surface area contributed by atoms with Crippen LogP contribution < -0.4 is 0 Å². The third kappa shape index (κ3) is 4.47. The number of rotatable bonds is 6. The van der Waals surface area contributed by atoms with E-state index >= 15 is 0 Å². The van der Waals surface area contributed by atoms with Crippen molar-refractivity contribution in [1.29, 1.82) is 0 Å². The number of carbonyl (C=O) groups excluding carboxylic acids is 1. The fraction of sp³-hybridized carbons (Fsp3) is 0.250. The van der Waals surface area contributed by atoms with Gasteiger partial charge in [0, 0.05) is 43.1 Å². The molecule has 3 aromatic heterocycles. The highest BCUT2D eigenvalue weighted by Gasteiger charge is 2.19. The first kappa shape index (κ1) is 17.7. The van der Waals surface area contributed by atoms with Crippen molar-refractivity contribution in [3.8, 4) is 11.4 Å². The summed E-state index contributed by atoms with van der Waals surface area (Å²) in [5, 5.41) is 0. The van der Waals surface area contributed by atoms with Crippen LogP contribution in [0.2, 0.25) is 0 Å². The van der Waals surface area contributed by atoms with E-state index in [-0.39, 0.29) is 5.91 Å². The van der Waals surface area contributed by atoms with Gasteiger partial charge in [0.15, 0.2) is 5.82 Å². The summed E-state index contributed by atoms with van der Waals surface area (Å²) in [6.45, 7) is 5.27. The maximum absolute atomic E-state index is 12.9. The molecular formula is C20H21N5O. The number of amides is 1. The summed E-state index contributed by atoms with van der Waals surface area (Å²) in [5.41, 5.74) is 2.20. The van der Waals surface area contributed by atoms with E-state index in [2.05, 4.69) is 33.8 Å². The van der Waals surface area contributed by atoms with Crippen LogP contribution in [0.15, 0.2) is 61.3 Å². The van der Waals surface area contributed by atoms with Crippen LogP contribution in [0.4, 0.5) is 0 Å². The third-order valence-electron chi connectivity index (χ3n) is 3.79. The maximum atomic E-state index is 12.9. The van der Waals surface area contributed by atoms with Gasteiger partial charge in [-0.05, 0) is 30.2 Å². The summed E-state index contributed by atoms with van der Waals surface area (Å²) in [7, 11) is 0. The fourth-order valence-electron chi connectivity index (χ4n) is 2.62. The Hall–Kier alpha value is -3.15. The first-order chi connectivity index (χ1) is 12.6. The van der Waals surface area contributed by atoms with E-state index in [1.807, 2.05) is 30.3 Å². The van der Waals surface area contributed by atoms with Gasteiger partial charge in [0.2, 0.25) is 0 Å². The average molecular weight is 347 g/mol. The summed E-state index contributed by atoms with van der Waals surface area (Å²) in [6.07, 6.45) is 8.28. The number of aromatic nitrogens is 4. The van der Waals surface area contributed by atoms with Crippen LogP contribution in [-0.4, -0.2) is 37.3 Å². The van der Waals surface area contributed by atoms with Gasteiger partial charge in [-0.2, -0.15) is 0 Å². The minimum atomic E-state index is -0.0920. The van der Waals surface area contributed by atoms with Gasteiger partial charge >= 0.3 is 0 Å². The average Bonchev–Trinajstić information content (AvgIpc) is 2.68. The Kier molecular flexibility index (Phi) is 5.63. The molecule has 132 valence electrons. The minimum absolute atomic E-state index is 0.0920. The molecule has 0 spiro atoms. The zero-order valence-corrected chi connectivity index (χ0v) is 14.9. The van der Waals surface area contributed by atoms with Crippen LogP contribution in [0.5, 0.6) is 0 Å². The number of hydrogen-bond donors (Lipinski definition) is 0. The first-order valence-electron chi connectivity index (χ1n) is 8.55. The number of hydrogen-bond acceptors (Lipinski definition) is 5. The van der Waals surface area contributed by atoms with Crippen molar-refractivity contribution in [2.24, 2.45) is 5.92 Å². The molecule has 0 aliphatic carbocycles. The third-order valence-corrected chi connectivity index (χ3v) is 3.79. The van der Waals surface area contributed by atoms with Crippen LogP contribution in [0.3, 0.4) is 0 Å². The highest BCUT2D eigenvalue weighted by Crippen LogP contribution is 2.15. The van der Waals surface area contributed by atoms with Crippen LogP contribution >= 0.6 is 0 Å². The van der Waals surface area contributed by atoms with E-state index in [0.29, 0.717) is 30.4 Å². The molecule has 26 heavy (non-hydrogen) atoms. The van der Waals surface area contributed by atoms with Crippen molar-refractivity contribution >= 4 is 5.91 Å². The van der Waals surface area contributed by atoms with E-state index in [0.717, 1.165) is 11.3 Å². The van der Waals surface area contributed by atoms with Crippen molar-refractivity contribution in [3.63, 3.8) is 0 Å². The highest BCUT2D eigenvalue weighted by molar-refractivity contribution is 5.93. The quantitative estimate of drug-likeness (QED) is 0.684. The Morgan fingerprint density at radius 3 is 2.35 bits per heavy atom. The summed E-state index contributed by atoms with van der Waals surface area (Å²) in [6, 6.07) is 9.38. The van der Waals surface area contributed by atoms with Gasteiger partial charge in [-0.25, -0.2) is 9.97 Å². The normalized spacial score (nSPS) is 10.7. The fourth-order valence-corrected chi connectivity index (χ4v) is 2.62. The second-order valence-electron chi connectivity index (χ2n) is 6.43. The SMILES string of the molecule is CC(C)CN(Cc1ccccn1)C(=O)c1cnc(-c2ccncc2)nc1. The minimum Gasteiger partial charge on any atom is -0.332 e. The van der Waals surface area contributed by atoms with E-state index in [4.69, 9.17) is 0 Å². The molecule has 0 aromatic carbocycles. The van der Waals surface area contributed by atoms with Gasteiger partial charge in [-0.15, -0.1) is 0 Å². The number of pyridine rings is 2. The highest BCUT2D eigenvalue weighted by atomic mass is 16.2. The molecule has 3 aromatic rings. The molecule has 0 saturated heterocycles. The molecule has 6 nitrogen and oxygen atoms in total. The zero-order valence-electron chi connectivity index (χ0n) is 14.9. The Labute approximate surface area is 153 Å². The second-order valence-corrected chi connectivity index (χ2v) is 6.43. The predicted octanol–water partition coefficient (Wildman–Crippen LogP) is 3.23. The molecule has 6 heteroatoms. The zero-order chi connectivity index (χ0) is 18.4. The van der Waals surface area contributed by atoms with Crippen LogP contribution in [0.1, 0.15) is 29.9 Å². The molecule has 3 heterocycles. The molecule has 0 saturated carbocycles. The van der Waals surface area contributed by atoms with Crippen LogP contribution in [0, 0.1) is 5.92 Å². The molecular weight excluding hydrogens is 326 g/mol. The van der Waals surface area contributed by atoms with Gasteiger partial charge in [-0.1, -0.05) is 19.9 Å². The van der Waals surface area contributed by atoms with Gasteiger partial charge in [0.25, 0.3) is 5.91 Å². The second kappa shape index (κ2) is 8.29. The summed E-state index contributed by atoms with van der Waals surface area (Å²) in [4.78, 5) is 31.7. The van der Waals surface area contributed by atoms with Crippen molar-refractivity contribution in [2.75, 3.05) is 6.54 Å². The summed E-state index contributed by atoms with van der Waals surface area (Å²) in [5.74, 6) is 0.828. The maximum Gasteiger partial charge on any atom is 0.257 e. The Morgan fingerprint density at radius 2 is 1.73 bits per heavy atom.